The Labute approximate surface area is 146 Å². The van der Waals surface area contributed by atoms with E-state index in [-0.39, 0.29) is 11.0 Å². The number of aromatic nitrogens is 2. The molecule has 4 nitrogen and oxygen atoms in total. The second-order valence-electron chi connectivity index (χ2n) is 6.09. The fourth-order valence-corrected chi connectivity index (χ4v) is 3.56. The van der Waals surface area contributed by atoms with E-state index in [1.54, 1.807) is 0 Å². The van der Waals surface area contributed by atoms with Crippen molar-refractivity contribution in [1.29, 1.82) is 0 Å². The molecular formula is C20H11F2N3O. The number of hydrogen-bond donors (Lipinski definition) is 2. The molecule has 5 rings (SSSR count). The van der Waals surface area contributed by atoms with E-state index in [4.69, 9.17) is 0 Å². The van der Waals surface area contributed by atoms with Crippen molar-refractivity contribution in [2.24, 2.45) is 5.16 Å². The van der Waals surface area contributed by atoms with Gasteiger partial charge in [0.25, 0.3) is 0 Å². The quantitative estimate of drug-likeness (QED) is 0.341. The van der Waals surface area contributed by atoms with Crippen molar-refractivity contribution >= 4 is 16.7 Å². The molecule has 0 spiro atoms. The predicted octanol–water partition coefficient (Wildman–Crippen LogP) is 4.72. The normalized spacial score (nSPS) is 14.0. The first-order chi connectivity index (χ1) is 12.7. The predicted molar refractivity (Wildman–Crippen MR) is 94.3 cm³/mol. The molecule has 1 aliphatic carbocycles. The standard InChI is InChI=1S/C20H11F2N3O/c21-10-8-15(22)19-16(9-10)23-20(24-19)14-7-3-6-13-17(14)11-4-1-2-5-12(11)18(13)25-26/h1-9,26H,(H,23,24). The summed E-state index contributed by atoms with van der Waals surface area (Å²) < 4.78 is 27.5. The number of halogens is 2. The summed E-state index contributed by atoms with van der Waals surface area (Å²) in [6.07, 6.45) is 0. The number of fused-ring (bicyclic) bond motifs is 4. The van der Waals surface area contributed by atoms with Gasteiger partial charge in [-0.1, -0.05) is 47.6 Å². The third-order valence-electron chi connectivity index (χ3n) is 4.64. The van der Waals surface area contributed by atoms with Crippen LogP contribution in [0.4, 0.5) is 8.78 Å². The number of hydrogen-bond acceptors (Lipinski definition) is 3. The summed E-state index contributed by atoms with van der Waals surface area (Å²) in [6.45, 7) is 0. The maximum Gasteiger partial charge on any atom is 0.151 e. The van der Waals surface area contributed by atoms with Gasteiger partial charge in [0.2, 0.25) is 0 Å². The Balaban J connectivity index is 1.82. The molecule has 1 heterocycles. The fourth-order valence-electron chi connectivity index (χ4n) is 3.56. The molecule has 2 N–H and O–H groups in total. The van der Waals surface area contributed by atoms with Crippen LogP contribution in [0.3, 0.4) is 0 Å². The van der Waals surface area contributed by atoms with Crippen LogP contribution < -0.4 is 0 Å². The van der Waals surface area contributed by atoms with Gasteiger partial charge in [0.15, 0.2) is 5.82 Å². The third kappa shape index (κ3) is 1.92. The van der Waals surface area contributed by atoms with Crippen molar-refractivity contribution in [3.8, 4) is 22.5 Å². The summed E-state index contributed by atoms with van der Waals surface area (Å²) in [5, 5.41) is 12.9. The van der Waals surface area contributed by atoms with Crippen molar-refractivity contribution in [2.75, 3.05) is 0 Å². The number of oxime groups is 1. The van der Waals surface area contributed by atoms with Crippen LogP contribution in [0.25, 0.3) is 33.5 Å². The minimum absolute atomic E-state index is 0.154. The smallest absolute Gasteiger partial charge is 0.151 e. The van der Waals surface area contributed by atoms with Crippen molar-refractivity contribution < 1.29 is 14.0 Å². The van der Waals surface area contributed by atoms with Gasteiger partial charge in [0.05, 0.1) is 5.52 Å². The van der Waals surface area contributed by atoms with Crippen LogP contribution in [0.2, 0.25) is 0 Å². The monoisotopic (exact) mass is 347 g/mol. The largest absolute Gasteiger partial charge is 0.410 e. The lowest BCUT2D eigenvalue weighted by Gasteiger charge is -2.06. The SMILES string of the molecule is ON=C1c2ccccc2-c2c1cccc2-c1nc2cc(F)cc(F)c2[nH]1. The molecule has 0 aliphatic heterocycles. The number of nitrogens with zero attached hydrogens (tertiary/aromatic N) is 2. The molecule has 6 heteroatoms. The molecule has 126 valence electrons. The number of nitrogens with one attached hydrogen (secondary N) is 1. The van der Waals surface area contributed by atoms with Gasteiger partial charge in [-0.3, -0.25) is 0 Å². The van der Waals surface area contributed by atoms with E-state index in [1.165, 1.54) is 6.07 Å². The van der Waals surface area contributed by atoms with E-state index in [1.807, 2.05) is 42.5 Å². The molecule has 0 saturated carbocycles. The Morgan fingerprint density at radius 3 is 2.42 bits per heavy atom. The highest BCUT2D eigenvalue weighted by Crippen LogP contribution is 2.42. The minimum atomic E-state index is -0.690. The highest BCUT2D eigenvalue weighted by Gasteiger charge is 2.28. The van der Waals surface area contributed by atoms with Crippen LogP contribution >= 0.6 is 0 Å². The highest BCUT2D eigenvalue weighted by molar-refractivity contribution is 6.26. The van der Waals surface area contributed by atoms with Gasteiger partial charge >= 0.3 is 0 Å². The second kappa shape index (κ2) is 5.23. The van der Waals surface area contributed by atoms with Gasteiger partial charge in [-0.05, 0) is 5.56 Å². The van der Waals surface area contributed by atoms with Gasteiger partial charge in [-0.15, -0.1) is 0 Å². The third-order valence-corrected chi connectivity index (χ3v) is 4.64. The van der Waals surface area contributed by atoms with E-state index in [2.05, 4.69) is 15.1 Å². The fraction of sp³-hybridized carbons (Fsp3) is 0. The summed E-state index contributed by atoms with van der Waals surface area (Å²) in [5.74, 6) is -0.939. The van der Waals surface area contributed by atoms with Crippen LogP contribution in [0, 0.1) is 11.6 Å². The number of aromatic amines is 1. The van der Waals surface area contributed by atoms with Crippen molar-refractivity contribution in [3.63, 3.8) is 0 Å². The average Bonchev–Trinajstić information content (AvgIpc) is 3.20. The zero-order valence-electron chi connectivity index (χ0n) is 13.3. The Morgan fingerprint density at radius 1 is 0.885 bits per heavy atom. The van der Waals surface area contributed by atoms with E-state index in [0.29, 0.717) is 11.5 Å². The number of H-pyrrole nitrogens is 1. The van der Waals surface area contributed by atoms with Crippen LogP contribution in [-0.4, -0.2) is 20.9 Å². The van der Waals surface area contributed by atoms with E-state index in [0.717, 1.165) is 33.9 Å². The highest BCUT2D eigenvalue weighted by atomic mass is 19.1. The summed E-state index contributed by atoms with van der Waals surface area (Å²) in [5.41, 5.74) is 4.90. The lowest BCUT2D eigenvalue weighted by Crippen LogP contribution is -1.97. The molecule has 1 aromatic heterocycles. The molecule has 0 saturated heterocycles. The van der Waals surface area contributed by atoms with Crippen LogP contribution in [0.1, 0.15) is 11.1 Å². The average molecular weight is 347 g/mol. The van der Waals surface area contributed by atoms with E-state index in [9.17, 15) is 14.0 Å². The second-order valence-corrected chi connectivity index (χ2v) is 6.09. The Kier molecular flexibility index (Phi) is 2.97. The van der Waals surface area contributed by atoms with Crippen molar-refractivity contribution in [3.05, 3.63) is 77.4 Å². The molecule has 0 unspecified atom stereocenters. The Morgan fingerprint density at radius 2 is 1.62 bits per heavy atom. The minimum Gasteiger partial charge on any atom is -0.410 e. The molecule has 0 radical (unpaired) electrons. The van der Waals surface area contributed by atoms with Crippen molar-refractivity contribution in [1.82, 2.24) is 9.97 Å². The summed E-state index contributed by atoms with van der Waals surface area (Å²) in [7, 11) is 0. The zero-order chi connectivity index (χ0) is 17.8. The summed E-state index contributed by atoms with van der Waals surface area (Å²) in [6, 6.07) is 15.1. The molecule has 0 atom stereocenters. The molecule has 26 heavy (non-hydrogen) atoms. The first-order valence-corrected chi connectivity index (χ1v) is 7.97. The van der Waals surface area contributed by atoms with Crippen LogP contribution in [0.15, 0.2) is 59.8 Å². The number of benzene rings is 3. The van der Waals surface area contributed by atoms with E-state index >= 15 is 0 Å². The summed E-state index contributed by atoms with van der Waals surface area (Å²) >= 11 is 0. The maximum atomic E-state index is 14.0. The molecule has 0 bridgehead atoms. The van der Waals surface area contributed by atoms with Gasteiger partial charge in [-0.2, -0.15) is 0 Å². The molecular weight excluding hydrogens is 336 g/mol. The van der Waals surface area contributed by atoms with Gasteiger partial charge < -0.3 is 10.2 Å². The first-order valence-electron chi connectivity index (χ1n) is 7.97. The molecule has 0 amide bonds. The maximum absolute atomic E-state index is 14.0. The molecule has 1 aliphatic rings. The van der Waals surface area contributed by atoms with Gasteiger partial charge in [0.1, 0.15) is 22.9 Å². The lowest BCUT2D eigenvalue weighted by atomic mass is 9.99. The van der Waals surface area contributed by atoms with Crippen LogP contribution in [-0.2, 0) is 0 Å². The molecule has 0 fully saturated rings. The molecule has 4 aromatic rings. The van der Waals surface area contributed by atoms with Gasteiger partial charge in [-0.25, -0.2) is 13.8 Å². The zero-order valence-corrected chi connectivity index (χ0v) is 13.3. The first kappa shape index (κ1) is 14.8. The molecule has 3 aromatic carbocycles. The topological polar surface area (TPSA) is 61.3 Å². The summed E-state index contributed by atoms with van der Waals surface area (Å²) in [4.78, 5) is 7.31. The lowest BCUT2D eigenvalue weighted by molar-refractivity contribution is 0.320. The number of rotatable bonds is 1. The van der Waals surface area contributed by atoms with Gasteiger partial charge in [0, 0.05) is 34.4 Å². The Hall–Kier alpha value is -3.54. The van der Waals surface area contributed by atoms with E-state index < -0.39 is 11.6 Å². The Bertz CT molecular complexity index is 1230. The van der Waals surface area contributed by atoms with Crippen molar-refractivity contribution in [2.45, 2.75) is 0 Å². The number of imidazole rings is 1. The van der Waals surface area contributed by atoms with Crippen LogP contribution in [0.5, 0.6) is 0 Å².